The van der Waals surface area contributed by atoms with Crippen molar-refractivity contribution in [1.82, 2.24) is 10.7 Å². The highest BCUT2D eigenvalue weighted by Gasteiger charge is 2.14. The van der Waals surface area contributed by atoms with E-state index in [0.29, 0.717) is 21.2 Å². The largest absolute Gasteiger partial charge is 0.372 e. The molecule has 0 fully saturated rings. The van der Waals surface area contributed by atoms with E-state index in [1.165, 1.54) is 6.21 Å². The van der Waals surface area contributed by atoms with Gasteiger partial charge in [0.1, 0.15) is 5.70 Å². The summed E-state index contributed by atoms with van der Waals surface area (Å²) >= 11 is 12.2. The predicted octanol–water partition coefficient (Wildman–Crippen LogP) is 5.76. The first kappa shape index (κ1) is 26.0. The van der Waals surface area contributed by atoms with Crippen molar-refractivity contribution in [2.75, 3.05) is 18.0 Å². The molecule has 0 aliphatic heterocycles. The van der Waals surface area contributed by atoms with Gasteiger partial charge >= 0.3 is 0 Å². The van der Waals surface area contributed by atoms with Crippen molar-refractivity contribution in [2.24, 2.45) is 5.10 Å². The van der Waals surface area contributed by atoms with E-state index < -0.39 is 11.8 Å². The Bertz CT molecular complexity index is 1220. The molecular weight excluding hydrogens is 483 g/mol. The molecule has 0 bridgehead atoms. The lowest BCUT2D eigenvalue weighted by Crippen LogP contribution is -2.32. The first-order valence-corrected chi connectivity index (χ1v) is 11.9. The van der Waals surface area contributed by atoms with E-state index in [1.54, 1.807) is 48.5 Å². The van der Waals surface area contributed by atoms with Crippen LogP contribution in [0.2, 0.25) is 10.0 Å². The van der Waals surface area contributed by atoms with Gasteiger partial charge in [-0.15, -0.1) is 0 Å². The Morgan fingerprint density at radius 3 is 2.26 bits per heavy atom. The zero-order chi connectivity index (χ0) is 25.2. The van der Waals surface area contributed by atoms with Crippen LogP contribution in [0.3, 0.4) is 0 Å². The van der Waals surface area contributed by atoms with Gasteiger partial charge < -0.3 is 10.2 Å². The van der Waals surface area contributed by atoms with Crippen LogP contribution in [0.4, 0.5) is 5.69 Å². The molecule has 3 rings (SSSR count). The Balaban J connectivity index is 1.84. The number of hydrazone groups is 1. The van der Waals surface area contributed by atoms with Gasteiger partial charge in [0.15, 0.2) is 0 Å². The lowest BCUT2D eigenvalue weighted by atomic mass is 10.1. The third kappa shape index (κ3) is 7.18. The lowest BCUT2D eigenvalue weighted by Gasteiger charge is -2.20. The van der Waals surface area contributed by atoms with Crippen LogP contribution in [0.25, 0.3) is 6.08 Å². The average Bonchev–Trinajstić information content (AvgIpc) is 2.88. The van der Waals surface area contributed by atoms with Gasteiger partial charge in [0.25, 0.3) is 11.8 Å². The molecule has 0 unspecified atom stereocenters. The minimum absolute atomic E-state index is 0.0452. The number of hydrogen-bond donors (Lipinski definition) is 2. The molecule has 0 atom stereocenters. The van der Waals surface area contributed by atoms with E-state index in [-0.39, 0.29) is 5.70 Å². The van der Waals surface area contributed by atoms with E-state index in [0.717, 1.165) is 24.3 Å². The summed E-state index contributed by atoms with van der Waals surface area (Å²) in [6.45, 7) is 5.97. The number of halogens is 2. The minimum atomic E-state index is -0.587. The summed E-state index contributed by atoms with van der Waals surface area (Å²) in [6.07, 6.45) is 2.99. The SMILES string of the molecule is CCN(CC)c1ccc(/C=C(/NC(=O)c2ccccc2)C(=O)N/N=C/c2cccc(Cl)c2Cl)cc1. The fourth-order valence-corrected chi connectivity index (χ4v) is 3.68. The number of rotatable bonds is 9. The maximum Gasteiger partial charge on any atom is 0.287 e. The van der Waals surface area contributed by atoms with Crippen LogP contribution in [0.1, 0.15) is 35.3 Å². The quantitative estimate of drug-likeness (QED) is 0.219. The Kier molecular flexibility index (Phi) is 9.47. The van der Waals surface area contributed by atoms with Crippen LogP contribution in [-0.2, 0) is 4.79 Å². The van der Waals surface area contributed by atoms with Crippen LogP contribution < -0.4 is 15.6 Å². The second-order valence-corrected chi connectivity index (χ2v) is 8.27. The summed E-state index contributed by atoms with van der Waals surface area (Å²) in [5, 5.41) is 7.38. The topological polar surface area (TPSA) is 73.8 Å². The Labute approximate surface area is 215 Å². The van der Waals surface area contributed by atoms with Crippen molar-refractivity contribution in [3.8, 4) is 0 Å². The number of carbonyl (C=O) groups is 2. The van der Waals surface area contributed by atoms with E-state index in [2.05, 4.69) is 34.6 Å². The monoisotopic (exact) mass is 508 g/mol. The Morgan fingerprint density at radius 2 is 1.60 bits per heavy atom. The number of benzene rings is 3. The molecule has 35 heavy (non-hydrogen) atoms. The summed E-state index contributed by atoms with van der Waals surface area (Å²) in [4.78, 5) is 27.9. The molecule has 0 saturated carbocycles. The summed E-state index contributed by atoms with van der Waals surface area (Å²) in [5.41, 5.74) is 5.29. The van der Waals surface area contributed by atoms with Gasteiger partial charge in [-0.1, -0.05) is 65.7 Å². The number of nitrogens with zero attached hydrogens (tertiary/aromatic N) is 2. The number of hydrogen-bond acceptors (Lipinski definition) is 4. The van der Waals surface area contributed by atoms with Crippen molar-refractivity contribution in [3.63, 3.8) is 0 Å². The highest BCUT2D eigenvalue weighted by atomic mass is 35.5. The highest BCUT2D eigenvalue weighted by molar-refractivity contribution is 6.43. The van der Waals surface area contributed by atoms with Crippen LogP contribution >= 0.6 is 23.2 Å². The van der Waals surface area contributed by atoms with E-state index in [9.17, 15) is 9.59 Å². The molecule has 180 valence electrons. The first-order valence-electron chi connectivity index (χ1n) is 11.1. The number of carbonyl (C=O) groups excluding carboxylic acids is 2. The molecule has 0 aliphatic rings. The third-order valence-electron chi connectivity index (χ3n) is 5.21. The van der Waals surface area contributed by atoms with Crippen LogP contribution in [-0.4, -0.2) is 31.1 Å². The van der Waals surface area contributed by atoms with Gasteiger partial charge in [-0.3, -0.25) is 9.59 Å². The summed E-state index contributed by atoms with van der Waals surface area (Å²) in [6, 6.07) is 21.5. The molecule has 2 N–H and O–H groups in total. The normalized spacial score (nSPS) is 11.4. The standard InChI is InChI=1S/C27H26Cl2N4O2/c1-3-33(4-2)22-15-13-19(14-16-22)17-24(31-26(34)20-9-6-5-7-10-20)27(35)32-30-18-21-11-8-12-23(28)25(21)29/h5-18H,3-4H2,1-2H3,(H,31,34)(H,32,35)/b24-17+,30-18+. The van der Waals surface area contributed by atoms with Gasteiger partial charge in [-0.25, -0.2) is 5.43 Å². The smallest absolute Gasteiger partial charge is 0.287 e. The maximum atomic E-state index is 12.9. The highest BCUT2D eigenvalue weighted by Crippen LogP contribution is 2.24. The van der Waals surface area contributed by atoms with Crippen LogP contribution in [0.15, 0.2) is 83.6 Å². The molecule has 3 aromatic carbocycles. The summed E-state index contributed by atoms with van der Waals surface area (Å²) < 4.78 is 0. The molecule has 6 nitrogen and oxygen atoms in total. The molecular formula is C27H26Cl2N4O2. The second kappa shape index (κ2) is 12.7. The first-order chi connectivity index (χ1) is 16.9. The van der Waals surface area contributed by atoms with Crippen molar-refractivity contribution < 1.29 is 9.59 Å². The van der Waals surface area contributed by atoms with Gasteiger partial charge in [-0.2, -0.15) is 5.10 Å². The molecule has 0 aromatic heterocycles. The van der Waals surface area contributed by atoms with E-state index >= 15 is 0 Å². The Morgan fingerprint density at radius 1 is 0.914 bits per heavy atom. The number of anilines is 1. The minimum Gasteiger partial charge on any atom is -0.372 e. The van der Waals surface area contributed by atoms with Crippen molar-refractivity contribution in [2.45, 2.75) is 13.8 Å². The fourth-order valence-electron chi connectivity index (χ4n) is 3.32. The van der Waals surface area contributed by atoms with Crippen LogP contribution in [0, 0.1) is 0 Å². The maximum absolute atomic E-state index is 12.9. The van der Waals surface area contributed by atoms with Crippen LogP contribution in [0.5, 0.6) is 0 Å². The van der Waals surface area contributed by atoms with Crippen molar-refractivity contribution in [1.29, 1.82) is 0 Å². The second-order valence-electron chi connectivity index (χ2n) is 7.48. The lowest BCUT2D eigenvalue weighted by molar-refractivity contribution is -0.117. The zero-order valence-corrected chi connectivity index (χ0v) is 21.0. The molecule has 0 heterocycles. The van der Waals surface area contributed by atoms with Gasteiger partial charge in [0.05, 0.1) is 16.3 Å². The zero-order valence-electron chi connectivity index (χ0n) is 19.5. The molecule has 0 saturated heterocycles. The number of nitrogens with one attached hydrogen (secondary N) is 2. The molecule has 8 heteroatoms. The van der Waals surface area contributed by atoms with Crippen molar-refractivity contribution >= 4 is 53.0 Å². The Hall–Kier alpha value is -3.61. The van der Waals surface area contributed by atoms with E-state index in [1.807, 2.05) is 30.3 Å². The average molecular weight is 509 g/mol. The molecule has 0 radical (unpaired) electrons. The van der Waals surface area contributed by atoms with Crippen molar-refractivity contribution in [3.05, 3.63) is 105 Å². The molecule has 3 aromatic rings. The third-order valence-corrected chi connectivity index (χ3v) is 6.05. The van der Waals surface area contributed by atoms with Gasteiger partial charge in [0, 0.05) is 29.9 Å². The molecule has 0 aliphatic carbocycles. The molecule has 0 spiro atoms. The molecule has 2 amide bonds. The fraction of sp³-hybridized carbons (Fsp3) is 0.148. The summed E-state index contributed by atoms with van der Waals surface area (Å²) in [5.74, 6) is -0.995. The summed E-state index contributed by atoms with van der Waals surface area (Å²) in [7, 11) is 0. The van der Waals surface area contributed by atoms with E-state index in [4.69, 9.17) is 23.2 Å². The predicted molar refractivity (Wildman–Crippen MR) is 144 cm³/mol. The van der Waals surface area contributed by atoms with Gasteiger partial charge in [0.2, 0.25) is 0 Å². The number of amides is 2. The van der Waals surface area contributed by atoms with Gasteiger partial charge in [-0.05, 0) is 55.8 Å².